The number of halogens is 2. The molecule has 12 heteroatoms. The molecule has 0 radical (unpaired) electrons. The van der Waals surface area contributed by atoms with Crippen molar-refractivity contribution in [2.45, 2.75) is 13.8 Å². The molecule has 0 aliphatic carbocycles. The Hall–Kier alpha value is -5.03. The van der Waals surface area contributed by atoms with E-state index in [0.29, 0.717) is 57.9 Å². The van der Waals surface area contributed by atoms with Crippen LogP contribution in [0.25, 0.3) is 22.4 Å². The summed E-state index contributed by atoms with van der Waals surface area (Å²) >= 11 is 5.64. The lowest BCUT2D eigenvalue weighted by molar-refractivity contribution is -0.111. The summed E-state index contributed by atoms with van der Waals surface area (Å²) in [6.07, 6.45) is 4.21. The third-order valence-electron chi connectivity index (χ3n) is 5.69. The van der Waals surface area contributed by atoms with Crippen LogP contribution in [-0.2, 0) is 4.79 Å². The molecular weight excluding hydrogens is 551 g/mol. The highest BCUT2D eigenvalue weighted by atomic mass is 35.5. The first-order valence-corrected chi connectivity index (χ1v) is 13.1. The lowest BCUT2D eigenvalue weighted by Crippen LogP contribution is -2.10. The average molecular weight is 575 g/mol. The summed E-state index contributed by atoms with van der Waals surface area (Å²) in [5, 5.41) is 14.2. The Kier molecular flexibility index (Phi) is 8.35. The molecule has 0 atom stereocenters. The van der Waals surface area contributed by atoms with E-state index in [9.17, 15) is 4.79 Å². The number of carbonyl (C=O) groups excluding carboxylic acids is 1. The van der Waals surface area contributed by atoms with E-state index in [0.717, 1.165) is 0 Å². The monoisotopic (exact) mass is 574 g/mol. The van der Waals surface area contributed by atoms with Crippen molar-refractivity contribution in [2.24, 2.45) is 0 Å². The third kappa shape index (κ3) is 6.59. The fourth-order valence-corrected chi connectivity index (χ4v) is 4.00. The maximum Gasteiger partial charge on any atom is 0.248 e. The van der Waals surface area contributed by atoms with Gasteiger partial charge < -0.3 is 24.5 Å². The molecule has 0 aliphatic heterocycles. The van der Waals surface area contributed by atoms with Crippen molar-refractivity contribution in [3.8, 4) is 28.7 Å². The van der Waals surface area contributed by atoms with Crippen LogP contribution < -0.4 is 20.1 Å². The molecule has 0 saturated heterocycles. The summed E-state index contributed by atoms with van der Waals surface area (Å²) in [6, 6.07) is 14.8. The molecule has 10 nitrogen and oxygen atoms in total. The van der Waals surface area contributed by atoms with Crippen LogP contribution in [0.1, 0.15) is 12.8 Å². The molecule has 5 rings (SSSR count). The molecule has 208 valence electrons. The van der Waals surface area contributed by atoms with Crippen molar-refractivity contribution in [1.29, 1.82) is 0 Å². The SMILES string of the molecule is CCOc1cc2ncnc(Nc3ccc(Oc4cccc(-c5nnc(C)o5)c4)cc3F)c2cc1NC(=O)/C=C/CCl. The lowest BCUT2D eigenvalue weighted by Gasteiger charge is -2.15. The van der Waals surface area contributed by atoms with E-state index >= 15 is 4.39 Å². The number of aryl methyl sites for hydroxylation is 1. The van der Waals surface area contributed by atoms with Crippen molar-refractivity contribution in [2.75, 3.05) is 23.1 Å². The number of benzene rings is 3. The molecule has 2 N–H and O–H groups in total. The quantitative estimate of drug-likeness (QED) is 0.137. The Bertz CT molecular complexity index is 1740. The summed E-state index contributed by atoms with van der Waals surface area (Å²) in [5.74, 6) is 1.59. The molecule has 5 aromatic rings. The van der Waals surface area contributed by atoms with Crippen molar-refractivity contribution >= 4 is 45.6 Å². The van der Waals surface area contributed by atoms with Crippen LogP contribution in [0.3, 0.4) is 0 Å². The van der Waals surface area contributed by atoms with Crippen LogP contribution in [0.4, 0.5) is 21.6 Å². The third-order valence-corrected chi connectivity index (χ3v) is 5.87. The van der Waals surface area contributed by atoms with Crippen molar-refractivity contribution in [1.82, 2.24) is 20.2 Å². The maximum atomic E-state index is 15.2. The van der Waals surface area contributed by atoms with Crippen LogP contribution >= 0.6 is 11.6 Å². The molecule has 2 aromatic heterocycles. The van der Waals surface area contributed by atoms with Gasteiger partial charge in [0.25, 0.3) is 0 Å². The Balaban J connectivity index is 1.39. The van der Waals surface area contributed by atoms with E-state index in [4.69, 9.17) is 25.5 Å². The van der Waals surface area contributed by atoms with Gasteiger partial charge in [-0.3, -0.25) is 4.79 Å². The average Bonchev–Trinajstić information content (AvgIpc) is 3.40. The predicted octanol–water partition coefficient (Wildman–Crippen LogP) is 6.80. The largest absolute Gasteiger partial charge is 0.492 e. The van der Waals surface area contributed by atoms with E-state index in [-0.39, 0.29) is 23.2 Å². The van der Waals surface area contributed by atoms with Crippen LogP contribution in [0.2, 0.25) is 0 Å². The number of nitrogens with zero attached hydrogens (tertiary/aromatic N) is 4. The Labute approximate surface area is 239 Å². The van der Waals surface area contributed by atoms with Gasteiger partial charge in [0.2, 0.25) is 17.7 Å². The second-order valence-electron chi connectivity index (χ2n) is 8.59. The Morgan fingerprint density at radius 1 is 1.07 bits per heavy atom. The van der Waals surface area contributed by atoms with Crippen LogP contribution in [-0.4, -0.2) is 38.6 Å². The summed E-state index contributed by atoms with van der Waals surface area (Å²) in [4.78, 5) is 20.9. The van der Waals surface area contributed by atoms with Gasteiger partial charge >= 0.3 is 0 Å². The summed E-state index contributed by atoms with van der Waals surface area (Å²) in [5.41, 5.74) is 1.79. The fraction of sp³-hybridized carbons (Fsp3) is 0.138. The normalized spacial score (nSPS) is 11.1. The minimum atomic E-state index is -0.566. The predicted molar refractivity (Wildman–Crippen MR) is 153 cm³/mol. The number of nitrogens with one attached hydrogen (secondary N) is 2. The zero-order valence-electron chi connectivity index (χ0n) is 22.0. The number of hydrogen-bond donors (Lipinski definition) is 2. The number of fused-ring (bicyclic) bond motifs is 1. The smallest absolute Gasteiger partial charge is 0.248 e. The van der Waals surface area contributed by atoms with Gasteiger partial charge in [0.05, 0.1) is 23.5 Å². The minimum absolute atomic E-state index is 0.164. The number of aromatic nitrogens is 4. The molecule has 0 bridgehead atoms. The molecule has 2 heterocycles. The molecule has 41 heavy (non-hydrogen) atoms. The number of ether oxygens (including phenoxy) is 2. The van der Waals surface area contributed by atoms with E-state index in [2.05, 4.69) is 30.8 Å². The van der Waals surface area contributed by atoms with Crippen LogP contribution in [0, 0.1) is 12.7 Å². The van der Waals surface area contributed by atoms with Gasteiger partial charge in [-0.1, -0.05) is 12.1 Å². The van der Waals surface area contributed by atoms with Gasteiger partial charge in [-0.2, -0.15) is 0 Å². The van der Waals surface area contributed by atoms with Crippen LogP contribution in [0.5, 0.6) is 17.2 Å². The number of alkyl halides is 1. The molecule has 3 aromatic carbocycles. The summed E-state index contributed by atoms with van der Waals surface area (Å²) < 4.78 is 32.2. The first-order chi connectivity index (χ1) is 19.9. The number of amides is 1. The molecule has 0 aliphatic rings. The van der Waals surface area contributed by atoms with Gasteiger partial charge in [-0.25, -0.2) is 14.4 Å². The Morgan fingerprint density at radius 2 is 1.93 bits per heavy atom. The maximum absolute atomic E-state index is 15.2. The number of allylic oxidation sites excluding steroid dienone is 1. The number of carbonyl (C=O) groups is 1. The van der Waals surface area contributed by atoms with Gasteiger partial charge in [-0.05, 0) is 43.3 Å². The second-order valence-corrected chi connectivity index (χ2v) is 8.90. The van der Waals surface area contributed by atoms with Crippen molar-refractivity contribution < 1.29 is 23.1 Å². The number of rotatable bonds is 10. The molecule has 0 saturated carbocycles. The van der Waals surface area contributed by atoms with E-state index in [1.54, 1.807) is 43.3 Å². The number of hydrogen-bond acceptors (Lipinski definition) is 9. The summed E-state index contributed by atoms with van der Waals surface area (Å²) in [7, 11) is 0. The minimum Gasteiger partial charge on any atom is -0.492 e. The van der Waals surface area contributed by atoms with Gasteiger partial charge in [0.1, 0.15) is 35.2 Å². The highest BCUT2D eigenvalue weighted by Crippen LogP contribution is 2.35. The van der Waals surface area contributed by atoms with E-state index < -0.39 is 5.82 Å². The topological polar surface area (TPSA) is 124 Å². The van der Waals surface area contributed by atoms with Gasteiger partial charge in [0, 0.05) is 42.0 Å². The standard InChI is InChI=1S/C29H24ClFN6O4/c1-3-39-26-15-24-21(14-25(26)34-27(38)8-5-11-30)28(33-16-32-24)35-23-10-9-20(13-22(23)31)41-19-7-4-6-18(12-19)29-37-36-17(2)40-29/h4-10,12-16H,3,11H2,1-2H3,(H,34,38)(H,32,33,35)/b8-5+. The first kappa shape index (κ1) is 27.5. The zero-order chi connectivity index (χ0) is 28.8. The lowest BCUT2D eigenvalue weighted by atomic mass is 10.1. The van der Waals surface area contributed by atoms with Gasteiger partial charge in [0.15, 0.2) is 0 Å². The first-order valence-electron chi connectivity index (χ1n) is 12.5. The highest BCUT2D eigenvalue weighted by Gasteiger charge is 2.15. The molecular formula is C29H24ClFN6O4. The summed E-state index contributed by atoms with van der Waals surface area (Å²) in [6.45, 7) is 3.91. The van der Waals surface area contributed by atoms with Gasteiger partial charge in [-0.15, -0.1) is 21.8 Å². The second kappa shape index (κ2) is 12.4. The highest BCUT2D eigenvalue weighted by molar-refractivity contribution is 6.19. The number of anilines is 3. The molecule has 1 amide bonds. The van der Waals surface area contributed by atoms with Crippen LogP contribution in [0.15, 0.2) is 77.5 Å². The fourth-order valence-electron chi connectivity index (χ4n) is 3.91. The molecule has 0 fully saturated rings. The van der Waals surface area contributed by atoms with E-state index in [1.165, 1.54) is 30.6 Å². The van der Waals surface area contributed by atoms with Crippen molar-refractivity contribution in [3.05, 3.63) is 84.8 Å². The molecule has 0 unspecified atom stereocenters. The Morgan fingerprint density at radius 3 is 2.68 bits per heavy atom. The van der Waals surface area contributed by atoms with Crippen molar-refractivity contribution in [3.63, 3.8) is 0 Å². The van der Waals surface area contributed by atoms with E-state index in [1.807, 2.05) is 13.0 Å². The zero-order valence-corrected chi connectivity index (χ0v) is 22.8. The molecule has 0 spiro atoms.